The molecule has 0 heterocycles. The Labute approximate surface area is 102 Å². The number of rotatable bonds is 4. The minimum absolute atomic E-state index is 0.00370. The number of methoxy groups -OCH3 is 1. The number of ketones is 1. The summed E-state index contributed by atoms with van der Waals surface area (Å²) in [5.74, 6) is -0.351. The van der Waals surface area contributed by atoms with Crippen molar-refractivity contribution in [1.82, 2.24) is 0 Å². The fraction of sp³-hybridized carbons (Fsp3) is 0.429. The predicted octanol–water partition coefficient (Wildman–Crippen LogP) is 2.75. The minimum atomic E-state index is -0.347. The highest BCUT2D eigenvalue weighted by Crippen LogP contribution is 2.19. The zero-order chi connectivity index (χ0) is 13.0. The standard InChI is InChI=1S/C14H18O3/c1-9-5-6-12(11(3)10(9)2)13(15)7-8-14(16)17-4/h5-6H,7-8H2,1-4H3. The molecule has 92 valence electrons. The number of benzene rings is 1. The van der Waals surface area contributed by atoms with Crippen LogP contribution in [0.25, 0.3) is 0 Å². The Balaban J connectivity index is 2.83. The summed E-state index contributed by atoms with van der Waals surface area (Å²) in [5.41, 5.74) is 4.01. The van der Waals surface area contributed by atoms with Gasteiger partial charge in [-0.1, -0.05) is 12.1 Å². The summed E-state index contributed by atoms with van der Waals surface area (Å²) in [5, 5.41) is 0. The second-order valence-corrected chi connectivity index (χ2v) is 4.18. The van der Waals surface area contributed by atoms with Gasteiger partial charge in [-0.25, -0.2) is 0 Å². The van der Waals surface area contributed by atoms with Crippen molar-refractivity contribution in [3.8, 4) is 0 Å². The van der Waals surface area contributed by atoms with Crippen molar-refractivity contribution < 1.29 is 14.3 Å². The first-order valence-electron chi connectivity index (χ1n) is 5.64. The van der Waals surface area contributed by atoms with Crippen molar-refractivity contribution >= 4 is 11.8 Å². The van der Waals surface area contributed by atoms with E-state index in [4.69, 9.17) is 0 Å². The maximum Gasteiger partial charge on any atom is 0.305 e. The first-order chi connectivity index (χ1) is 7.97. The SMILES string of the molecule is COC(=O)CCC(=O)c1ccc(C)c(C)c1C. The molecule has 0 saturated carbocycles. The van der Waals surface area contributed by atoms with E-state index in [0.717, 1.165) is 11.1 Å². The van der Waals surface area contributed by atoms with Gasteiger partial charge in [-0.3, -0.25) is 9.59 Å². The first-order valence-corrected chi connectivity index (χ1v) is 5.64. The lowest BCUT2D eigenvalue weighted by Crippen LogP contribution is -2.08. The smallest absolute Gasteiger partial charge is 0.305 e. The maximum atomic E-state index is 11.9. The normalized spacial score (nSPS) is 10.1. The molecule has 1 rings (SSSR count). The number of carbonyl (C=O) groups is 2. The largest absolute Gasteiger partial charge is 0.469 e. The molecule has 0 radical (unpaired) electrons. The lowest BCUT2D eigenvalue weighted by atomic mass is 9.95. The molecule has 0 aliphatic heterocycles. The molecule has 0 aliphatic rings. The molecule has 0 amide bonds. The molecule has 1 aromatic rings. The molecule has 0 fully saturated rings. The van der Waals surface area contributed by atoms with Gasteiger partial charge in [0.15, 0.2) is 5.78 Å². The van der Waals surface area contributed by atoms with Crippen LogP contribution in [-0.4, -0.2) is 18.9 Å². The molecule has 0 aliphatic carbocycles. The van der Waals surface area contributed by atoms with Crippen LogP contribution < -0.4 is 0 Å². The average Bonchev–Trinajstić information content (AvgIpc) is 2.32. The van der Waals surface area contributed by atoms with Crippen LogP contribution >= 0.6 is 0 Å². The molecule has 3 heteroatoms. The first kappa shape index (κ1) is 13.4. The van der Waals surface area contributed by atoms with Gasteiger partial charge in [0.05, 0.1) is 13.5 Å². The number of hydrogen-bond acceptors (Lipinski definition) is 3. The van der Waals surface area contributed by atoms with E-state index in [1.807, 2.05) is 32.9 Å². The van der Waals surface area contributed by atoms with E-state index in [9.17, 15) is 9.59 Å². The summed E-state index contributed by atoms with van der Waals surface area (Å²) in [4.78, 5) is 22.9. The van der Waals surface area contributed by atoms with Crippen molar-refractivity contribution in [2.75, 3.05) is 7.11 Å². The van der Waals surface area contributed by atoms with Crippen molar-refractivity contribution in [2.24, 2.45) is 0 Å². The van der Waals surface area contributed by atoms with Gasteiger partial charge in [-0.05, 0) is 37.5 Å². The van der Waals surface area contributed by atoms with Crippen LogP contribution in [0.3, 0.4) is 0 Å². The Morgan fingerprint density at radius 2 is 1.71 bits per heavy atom. The molecule has 17 heavy (non-hydrogen) atoms. The molecule has 3 nitrogen and oxygen atoms in total. The van der Waals surface area contributed by atoms with Crippen molar-refractivity contribution in [1.29, 1.82) is 0 Å². The molecule has 0 bridgehead atoms. The van der Waals surface area contributed by atoms with Crippen LogP contribution in [0.2, 0.25) is 0 Å². The zero-order valence-electron chi connectivity index (χ0n) is 10.8. The van der Waals surface area contributed by atoms with Crippen LogP contribution in [0.1, 0.15) is 39.9 Å². The van der Waals surface area contributed by atoms with Crippen LogP contribution in [0.5, 0.6) is 0 Å². The number of carbonyl (C=O) groups excluding carboxylic acids is 2. The Hall–Kier alpha value is -1.64. The van der Waals surface area contributed by atoms with E-state index in [-0.39, 0.29) is 24.6 Å². The van der Waals surface area contributed by atoms with E-state index in [2.05, 4.69) is 4.74 Å². The Morgan fingerprint density at radius 3 is 2.29 bits per heavy atom. The number of esters is 1. The zero-order valence-corrected chi connectivity index (χ0v) is 10.8. The van der Waals surface area contributed by atoms with Gasteiger partial charge in [-0.15, -0.1) is 0 Å². The van der Waals surface area contributed by atoms with E-state index in [1.54, 1.807) is 0 Å². The molecule has 1 aromatic carbocycles. The molecule has 0 saturated heterocycles. The van der Waals surface area contributed by atoms with Crippen LogP contribution in [-0.2, 0) is 9.53 Å². The van der Waals surface area contributed by atoms with E-state index in [0.29, 0.717) is 5.56 Å². The fourth-order valence-corrected chi connectivity index (χ4v) is 1.71. The summed E-state index contributed by atoms with van der Waals surface area (Å²) < 4.78 is 4.52. The second kappa shape index (κ2) is 5.62. The quantitative estimate of drug-likeness (QED) is 0.594. The maximum absolute atomic E-state index is 11.9. The summed E-state index contributed by atoms with van der Waals surface area (Å²) in [7, 11) is 1.33. The average molecular weight is 234 g/mol. The number of aryl methyl sites for hydroxylation is 1. The lowest BCUT2D eigenvalue weighted by Gasteiger charge is -2.10. The monoisotopic (exact) mass is 234 g/mol. The van der Waals surface area contributed by atoms with Gasteiger partial charge in [-0.2, -0.15) is 0 Å². The molecule has 0 N–H and O–H groups in total. The minimum Gasteiger partial charge on any atom is -0.469 e. The van der Waals surface area contributed by atoms with E-state index in [1.165, 1.54) is 12.7 Å². The molecular weight excluding hydrogens is 216 g/mol. The van der Waals surface area contributed by atoms with Crippen LogP contribution in [0.15, 0.2) is 12.1 Å². The Bertz CT molecular complexity index is 447. The molecule has 0 atom stereocenters. The van der Waals surface area contributed by atoms with Gasteiger partial charge in [0.2, 0.25) is 0 Å². The third kappa shape index (κ3) is 3.16. The number of Topliss-reactive ketones (excluding diaryl/α,β-unsaturated/α-hetero) is 1. The Kier molecular flexibility index (Phi) is 4.44. The van der Waals surface area contributed by atoms with Crippen LogP contribution in [0.4, 0.5) is 0 Å². The molecular formula is C14H18O3. The topological polar surface area (TPSA) is 43.4 Å². The van der Waals surface area contributed by atoms with Gasteiger partial charge in [0.1, 0.15) is 0 Å². The highest BCUT2D eigenvalue weighted by molar-refractivity contribution is 5.99. The summed E-state index contributed by atoms with van der Waals surface area (Å²) in [6.07, 6.45) is 0.345. The van der Waals surface area contributed by atoms with Crippen molar-refractivity contribution in [3.63, 3.8) is 0 Å². The lowest BCUT2D eigenvalue weighted by molar-refractivity contribution is -0.140. The third-order valence-electron chi connectivity index (χ3n) is 3.14. The molecule has 0 aromatic heterocycles. The Morgan fingerprint density at radius 1 is 1.06 bits per heavy atom. The fourth-order valence-electron chi connectivity index (χ4n) is 1.71. The highest BCUT2D eigenvalue weighted by atomic mass is 16.5. The van der Waals surface area contributed by atoms with Gasteiger partial charge >= 0.3 is 5.97 Å². The second-order valence-electron chi connectivity index (χ2n) is 4.18. The van der Waals surface area contributed by atoms with E-state index >= 15 is 0 Å². The predicted molar refractivity (Wildman–Crippen MR) is 66.2 cm³/mol. The molecule has 0 spiro atoms. The number of ether oxygens (including phenoxy) is 1. The van der Waals surface area contributed by atoms with Gasteiger partial charge in [0.25, 0.3) is 0 Å². The summed E-state index contributed by atoms with van der Waals surface area (Å²) in [6.45, 7) is 5.96. The third-order valence-corrected chi connectivity index (χ3v) is 3.14. The van der Waals surface area contributed by atoms with E-state index < -0.39 is 0 Å². The van der Waals surface area contributed by atoms with Gasteiger partial charge in [0, 0.05) is 12.0 Å². The van der Waals surface area contributed by atoms with Crippen molar-refractivity contribution in [2.45, 2.75) is 33.6 Å². The summed E-state index contributed by atoms with van der Waals surface area (Å²) in [6, 6.07) is 3.77. The summed E-state index contributed by atoms with van der Waals surface area (Å²) >= 11 is 0. The molecule has 0 unspecified atom stereocenters. The number of hydrogen-bond donors (Lipinski definition) is 0. The highest BCUT2D eigenvalue weighted by Gasteiger charge is 2.13. The van der Waals surface area contributed by atoms with Gasteiger partial charge < -0.3 is 4.74 Å². The van der Waals surface area contributed by atoms with Crippen molar-refractivity contribution in [3.05, 3.63) is 34.4 Å². The van der Waals surface area contributed by atoms with Crippen LogP contribution in [0, 0.1) is 20.8 Å².